The summed E-state index contributed by atoms with van der Waals surface area (Å²) in [4.78, 5) is 7.90. The molecule has 0 aliphatic heterocycles. The van der Waals surface area contributed by atoms with Crippen LogP contribution in [0.2, 0.25) is 0 Å². The van der Waals surface area contributed by atoms with Gasteiger partial charge in [0.05, 0.1) is 12.8 Å². The molecule has 5 heteroatoms. The van der Waals surface area contributed by atoms with Crippen molar-refractivity contribution in [2.75, 3.05) is 7.11 Å². The van der Waals surface area contributed by atoms with Gasteiger partial charge in [-0.25, -0.2) is 4.98 Å². The number of fused-ring (bicyclic) bond motifs is 1. The van der Waals surface area contributed by atoms with Crippen molar-refractivity contribution >= 4 is 17.9 Å². The molecule has 0 unspecified atom stereocenters. The summed E-state index contributed by atoms with van der Waals surface area (Å²) >= 11 is 5.43. The number of nitrogens with zero attached hydrogens (tertiary/aromatic N) is 2. The van der Waals surface area contributed by atoms with Gasteiger partial charge in [-0.05, 0) is 35.8 Å². The average molecular weight is 361 g/mol. The van der Waals surface area contributed by atoms with Gasteiger partial charge in [0.25, 0.3) is 0 Å². The second kappa shape index (κ2) is 6.77. The molecule has 2 heterocycles. The van der Waals surface area contributed by atoms with Gasteiger partial charge in [-0.1, -0.05) is 49.4 Å². The van der Waals surface area contributed by atoms with Crippen LogP contribution in [0.15, 0.2) is 60.9 Å². The zero-order valence-corrected chi connectivity index (χ0v) is 15.5. The van der Waals surface area contributed by atoms with Gasteiger partial charge in [0.15, 0.2) is 0 Å². The Balaban J connectivity index is 1.92. The molecule has 4 aromatic rings. The Morgan fingerprint density at radius 1 is 1.08 bits per heavy atom. The molecule has 0 aliphatic carbocycles. The van der Waals surface area contributed by atoms with Crippen LogP contribution in [0.1, 0.15) is 12.5 Å². The number of nitrogens with one attached hydrogen (secondary N) is 1. The van der Waals surface area contributed by atoms with Gasteiger partial charge in [-0.3, -0.25) is 4.40 Å². The van der Waals surface area contributed by atoms with Crippen molar-refractivity contribution in [1.82, 2.24) is 14.4 Å². The van der Waals surface area contributed by atoms with Crippen molar-refractivity contribution in [1.29, 1.82) is 0 Å². The van der Waals surface area contributed by atoms with Gasteiger partial charge in [0.2, 0.25) is 4.77 Å². The summed E-state index contributed by atoms with van der Waals surface area (Å²) in [5.41, 5.74) is 6.27. The maximum atomic E-state index is 5.52. The molecular formula is C21H19N3OS. The molecule has 0 fully saturated rings. The Morgan fingerprint density at radius 2 is 1.85 bits per heavy atom. The highest BCUT2D eigenvalue weighted by Crippen LogP contribution is 2.33. The van der Waals surface area contributed by atoms with E-state index in [9.17, 15) is 0 Å². The van der Waals surface area contributed by atoms with Crippen LogP contribution in [-0.2, 0) is 6.42 Å². The van der Waals surface area contributed by atoms with E-state index in [1.54, 1.807) is 13.3 Å². The number of aromatic amines is 1. The topological polar surface area (TPSA) is 42.3 Å². The molecule has 0 saturated heterocycles. The number of ether oxygens (including phenoxy) is 1. The Bertz CT molecular complexity index is 1130. The van der Waals surface area contributed by atoms with E-state index in [1.165, 1.54) is 5.56 Å². The molecule has 0 amide bonds. The molecule has 26 heavy (non-hydrogen) atoms. The van der Waals surface area contributed by atoms with Gasteiger partial charge in [-0.2, -0.15) is 0 Å². The molecule has 130 valence electrons. The van der Waals surface area contributed by atoms with Crippen molar-refractivity contribution in [2.24, 2.45) is 0 Å². The molecule has 2 aromatic heterocycles. The fraction of sp³-hybridized carbons (Fsp3) is 0.143. The van der Waals surface area contributed by atoms with Gasteiger partial charge in [-0.15, -0.1) is 0 Å². The summed E-state index contributed by atoms with van der Waals surface area (Å²) in [6, 6.07) is 16.5. The first-order valence-corrected chi connectivity index (χ1v) is 8.95. The smallest absolute Gasteiger partial charge is 0.205 e. The molecule has 0 atom stereocenters. The highest BCUT2D eigenvalue weighted by Gasteiger charge is 2.13. The van der Waals surface area contributed by atoms with Crippen LogP contribution in [0.25, 0.3) is 28.0 Å². The highest BCUT2D eigenvalue weighted by atomic mass is 32.1. The van der Waals surface area contributed by atoms with E-state index in [4.69, 9.17) is 17.0 Å². The van der Waals surface area contributed by atoms with E-state index >= 15 is 0 Å². The summed E-state index contributed by atoms with van der Waals surface area (Å²) in [5.74, 6) is 0.803. The van der Waals surface area contributed by atoms with Crippen LogP contribution in [0, 0.1) is 4.77 Å². The number of hydrogen-bond acceptors (Lipinski definition) is 3. The lowest BCUT2D eigenvalue weighted by Gasteiger charge is -2.09. The predicted octanol–water partition coefficient (Wildman–Crippen LogP) is 5.30. The third-order valence-electron chi connectivity index (χ3n) is 4.59. The van der Waals surface area contributed by atoms with E-state index in [0.717, 1.165) is 40.2 Å². The summed E-state index contributed by atoms with van der Waals surface area (Å²) in [5, 5.41) is 0. The molecule has 0 bridgehead atoms. The van der Waals surface area contributed by atoms with Crippen molar-refractivity contribution in [2.45, 2.75) is 13.3 Å². The van der Waals surface area contributed by atoms with E-state index in [0.29, 0.717) is 4.77 Å². The third kappa shape index (κ3) is 2.80. The SMILES string of the molecule is CCc1ccc(-c2cn3c(=S)ncc(-c4ccccc4OC)c3[nH]2)cc1. The minimum atomic E-state index is 0.520. The lowest BCUT2D eigenvalue weighted by atomic mass is 10.1. The predicted molar refractivity (Wildman–Crippen MR) is 107 cm³/mol. The molecule has 0 radical (unpaired) electrons. The summed E-state index contributed by atoms with van der Waals surface area (Å²) in [7, 11) is 1.67. The van der Waals surface area contributed by atoms with Crippen molar-refractivity contribution in [3.63, 3.8) is 0 Å². The summed E-state index contributed by atoms with van der Waals surface area (Å²) in [6.45, 7) is 2.16. The number of benzene rings is 2. The Morgan fingerprint density at radius 3 is 2.58 bits per heavy atom. The van der Waals surface area contributed by atoms with Gasteiger partial charge >= 0.3 is 0 Å². The van der Waals surface area contributed by atoms with Crippen LogP contribution in [0.3, 0.4) is 0 Å². The largest absolute Gasteiger partial charge is 0.496 e. The number of aromatic nitrogens is 3. The quantitative estimate of drug-likeness (QED) is 0.502. The van der Waals surface area contributed by atoms with Crippen LogP contribution >= 0.6 is 12.2 Å². The third-order valence-corrected chi connectivity index (χ3v) is 4.89. The molecule has 0 spiro atoms. The maximum absolute atomic E-state index is 5.52. The molecule has 2 aromatic carbocycles. The van der Waals surface area contributed by atoms with Crippen LogP contribution in [0.5, 0.6) is 5.75 Å². The molecular weight excluding hydrogens is 342 g/mol. The summed E-state index contributed by atoms with van der Waals surface area (Å²) in [6.07, 6.45) is 4.83. The summed E-state index contributed by atoms with van der Waals surface area (Å²) < 4.78 is 7.96. The van der Waals surface area contributed by atoms with Crippen molar-refractivity contribution < 1.29 is 4.74 Å². The molecule has 4 rings (SSSR count). The van der Waals surface area contributed by atoms with E-state index in [2.05, 4.69) is 41.2 Å². The van der Waals surface area contributed by atoms with E-state index in [-0.39, 0.29) is 0 Å². The number of hydrogen-bond donors (Lipinski definition) is 1. The van der Waals surface area contributed by atoms with E-state index < -0.39 is 0 Å². The Hall–Kier alpha value is -2.92. The van der Waals surface area contributed by atoms with Crippen molar-refractivity contribution in [3.8, 4) is 28.1 Å². The first kappa shape index (κ1) is 16.5. The lowest BCUT2D eigenvalue weighted by molar-refractivity contribution is 0.416. The fourth-order valence-corrected chi connectivity index (χ4v) is 3.33. The fourth-order valence-electron chi connectivity index (χ4n) is 3.14. The van der Waals surface area contributed by atoms with Crippen LogP contribution in [0.4, 0.5) is 0 Å². The number of methoxy groups -OCH3 is 1. The number of para-hydroxylation sites is 1. The number of imidazole rings is 1. The second-order valence-electron chi connectivity index (χ2n) is 6.09. The molecule has 4 nitrogen and oxygen atoms in total. The lowest BCUT2D eigenvalue weighted by Crippen LogP contribution is -1.94. The molecule has 1 N–H and O–H groups in total. The standard InChI is InChI=1S/C21H19N3OS/c1-3-14-8-10-15(11-9-14)18-13-24-20(23-18)17(12-22-21(24)26)16-6-4-5-7-19(16)25-2/h4-13,23H,3H2,1-2H3. The maximum Gasteiger partial charge on any atom is 0.205 e. The average Bonchev–Trinajstić information content (AvgIpc) is 3.15. The van der Waals surface area contributed by atoms with Gasteiger partial charge in [0, 0.05) is 23.5 Å². The van der Waals surface area contributed by atoms with Gasteiger partial charge in [0.1, 0.15) is 11.4 Å². The normalized spacial score (nSPS) is 11.0. The number of H-pyrrole nitrogens is 1. The highest BCUT2D eigenvalue weighted by molar-refractivity contribution is 7.71. The van der Waals surface area contributed by atoms with Crippen LogP contribution < -0.4 is 4.74 Å². The number of aryl methyl sites for hydroxylation is 1. The minimum absolute atomic E-state index is 0.520. The zero-order chi connectivity index (χ0) is 18.1. The van der Waals surface area contributed by atoms with Gasteiger partial charge < -0.3 is 9.72 Å². The number of rotatable bonds is 4. The first-order chi connectivity index (χ1) is 12.7. The Labute approximate surface area is 157 Å². The van der Waals surface area contributed by atoms with Crippen molar-refractivity contribution in [3.05, 3.63) is 71.3 Å². The Kier molecular flexibility index (Phi) is 4.31. The molecule has 0 saturated carbocycles. The first-order valence-electron chi connectivity index (χ1n) is 8.54. The zero-order valence-electron chi connectivity index (χ0n) is 14.7. The van der Waals surface area contributed by atoms with E-state index in [1.807, 2.05) is 34.9 Å². The minimum Gasteiger partial charge on any atom is -0.496 e. The second-order valence-corrected chi connectivity index (χ2v) is 6.46. The molecule has 0 aliphatic rings. The monoisotopic (exact) mass is 361 g/mol. The van der Waals surface area contributed by atoms with Crippen LogP contribution in [-0.4, -0.2) is 21.5 Å².